The molecule has 0 unspecified atom stereocenters. The molecule has 1 aromatic heterocycles. The number of aliphatic hydroxyl groups is 2. The molecule has 0 spiro atoms. The lowest BCUT2D eigenvalue weighted by Gasteiger charge is -2.26. The molecule has 6 atom stereocenters. The van der Waals surface area contributed by atoms with Crippen LogP contribution in [0.15, 0.2) is 29.5 Å². The summed E-state index contributed by atoms with van der Waals surface area (Å²) >= 11 is 0. The van der Waals surface area contributed by atoms with Gasteiger partial charge in [0, 0.05) is 6.42 Å². The van der Waals surface area contributed by atoms with Crippen LogP contribution in [-0.2, 0) is 11.3 Å². The Bertz CT molecular complexity index is 1210. The van der Waals surface area contributed by atoms with Crippen molar-refractivity contribution in [2.75, 3.05) is 11.9 Å². The summed E-state index contributed by atoms with van der Waals surface area (Å²) in [5.41, 5.74) is 1.84. The first kappa shape index (κ1) is 24.6. The van der Waals surface area contributed by atoms with E-state index in [-0.39, 0.29) is 43.0 Å². The maximum atomic E-state index is 14.5. The average Bonchev–Trinajstić information content (AvgIpc) is 3.52. The van der Waals surface area contributed by atoms with Crippen molar-refractivity contribution >= 4 is 17.4 Å². The van der Waals surface area contributed by atoms with E-state index >= 15 is 0 Å². The molecular formula is C24H25F4N5O3. The second-order valence-electron chi connectivity index (χ2n) is 9.48. The molecule has 192 valence electrons. The zero-order valence-electron chi connectivity index (χ0n) is 19.3. The summed E-state index contributed by atoms with van der Waals surface area (Å²) in [7, 11) is 0. The van der Waals surface area contributed by atoms with Gasteiger partial charge in [0.2, 0.25) is 6.43 Å². The average molecular weight is 507 g/mol. The number of alkyl halides is 3. The Morgan fingerprint density at radius 1 is 1.19 bits per heavy atom. The van der Waals surface area contributed by atoms with Gasteiger partial charge in [0.1, 0.15) is 35.9 Å². The minimum Gasteiger partial charge on any atom is -0.390 e. The molecule has 1 aliphatic carbocycles. The van der Waals surface area contributed by atoms with Gasteiger partial charge in [0.05, 0.1) is 48.5 Å². The van der Waals surface area contributed by atoms with Gasteiger partial charge in [0.15, 0.2) is 0 Å². The molecule has 3 aliphatic rings. The number of aryl methyl sites for hydroxylation is 1. The number of carbonyl (C=O) groups is 1. The number of hydrogen-bond acceptors (Lipinski definition) is 7. The Balaban J connectivity index is 1.44. The first-order valence-corrected chi connectivity index (χ1v) is 11.7. The van der Waals surface area contributed by atoms with Crippen molar-refractivity contribution in [1.29, 1.82) is 0 Å². The first-order valence-electron chi connectivity index (χ1n) is 11.7. The number of anilines is 1. The summed E-state index contributed by atoms with van der Waals surface area (Å²) in [4.78, 5) is 27.6. The van der Waals surface area contributed by atoms with Gasteiger partial charge in [-0.05, 0) is 36.6 Å². The quantitative estimate of drug-likeness (QED) is 0.536. The molecule has 2 fully saturated rings. The van der Waals surface area contributed by atoms with Gasteiger partial charge in [-0.25, -0.2) is 27.5 Å². The van der Waals surface area contributed by atoms with Gasteiger partial charge in [-0.3, -0.25) is 9.79 Å². The second-order valence-corrected chi connectivity index (χ2v) is 9.48. The molecule has 0 bridgehead atoms. The number of nitrogens with zero attached hydrogens (tertiary/aromatic N) is 4. The van der Waals surface area contributed by atoms with Gasteiger partial charge >= 0.3 is 0 Å². The van der Waals surface area contributed by atoms with Crippen LogP contribution in [0, 0.1) is 18.7 Å². The number of benzene rings is 1. The maximum Gasteiger partial charge on any atom is 0.273 e. The minimum atomic E-state index is -2.82. The molecular weight excluding hydrogens is 482 g/mol. The van der Waals surface area contributed by atoms with Crippen LogP contribution >= 0.6 is 0 Å². The Morgan fingerprint density at radius 3 is 2.69 bits per heavy atom. The van der Waals surface area contributed by atoms with Crippen molar-refractivity contribution in [2.24, 2.45) is 10.9 Å². The number of amides is 1. The van der Waals surface area contributed by atoms with E-state index in [1.54, 1.807) is 13.0 Å². The van der Waals surface area contributed by atoms with Gasteiger partial charge in [0.25, 0.3) is 5.91 Å². The molecule has 2 aromatic rings. The molecule has 1 aromatic carbocycles. The number of aliphatic imine (C=N–C) groups is 1. The van der Waals surface area contributed by atoms with E-state index < -0.39 is 54.5 Å². The molecule has 1 saturated heterocycles. The lowest BCUT2D eigenvalue weighted by atomic mass is 9.98. The standard InChI is InChI=1S/C24H25F4N5O3/c1-10-2-3-11(25)4-13(10)17-5-12(26)8-33(17)24(36)19-18-16(7-29-19)30-9-31-23(18)32-15-6-14(22(27)28)20(34)21(15)35/h2-4,9,12,14-15,17,20-22,34-35H,5-8H2,1H3,(H,30,31,32)/t12-,14+,15+,17+,20+,21-/m0/s1. The van der Waals surface area contributed by atoms with Crippen LogP contribution in [0.4, 0.5) is 23.4 Å². The largest absolute Gasteiger partial charge is 0.390 e. The van der Waals surface area contributed by atoms with Crippen molar-refractivity contribution in [1.82, 2.24) is 14.9 Å². The second kappa shape index (κ2) is 9.40. The summed E-state index contributed by atoms with van der Waals surface area (Å²) in [6, 6.07) is 2.53. The van der Waals surface area contributed by atoms with E-state index in [9.17, 15) is 32.6 Å². The highest BCUT2D eigenvalue weighted by Gasteiger charge is 2.47. The Labute approximate surface area is 204 Å². The van der Waals surface area contributed by atoms with E-state index in [2.05, 4.69) is 20.3 Å². The topological polar surface area (TPSA) is 111 Å². The number of hydrogen-bond donors (Lipinski definition) is 3. The fourth-order valence-electron chi connectivity index (χ4n) is 5.35. The van der Waals surface area contributed by atoms with E-state index in [0.717, 1.165) is 5.56 Å². The number of aromatic nitrogens is 2. The molecule has 1 amide bonds. The number of fused-ring (bicyclic) bond motifs is 1. The van der Waals surface area contributed by atoms with Crippen LogP contribution in [0.3, 0.4) is 0 Å². The van der Waals surface area contributed by atoms with E-state index in [1.165, 1.54) is 23.4 Å². The predicted molar refractivity (Wildman–Crippen MR) is 121 cm³/mol. The van der Waals surface area contributed by atoms with Crippen LogP contribution in [0.2, 0.25) is 0 Å². The molecule has 12 heteroatoms. The number of rotatable bonds is 5. The molecule has 3 heterocycles. The zero-order chi connectivity index (χ0) is 25.7. The lowest BCUT2D eigenvalue weighted by Crippen LogP contribution is -2.38. The molecule has 5 rings (SSSR count). The molecule has 8 nitrogen and oxygen atoms in total. The molecule has 1 saturated carbocycles. The highest BCUT2D eigenvalue weighted by atomic mass is 19.3. The number of nitrogens with one attached hydrogen (secondary N) is 1. The van der Waals surface area contributed by atoms with Crippen molar-refractivity contribution in [2.45, 2.75) is 63.2 Å². The van der Waals surface area contributed by atoms with Crippen LogP contribution in [0.1, 0.15) is 41.3 Å². The fourth-order valence-corrected chi connectivity index (χ4v) is 5.35. The zero-order valence-corrected chi connectivity index (χ0v) is 19.3. The van der Waals surface area contributed by atoms with Crippen LogP contribution in [0.5, 0.6) is 0 Å². The third kappa shape index (κ3) is 4.21. The van der Waals surface area contributed by atoms with Crippen LogP contribution < -0.4 is 5.32 Å². The SMILES string of the molecule is Cc1ccc(F)cc1[C@H]1C[C@H](F)CN1C(=O)C1=NCc2ncnc(N[C@@H]3C[C@@H](C(F)F)[C@@H](O)[C@H]3O)c21. The predicted octanol–water partition coefficient (Wildman–Crippen LogP) is 2.33. The summed E-state index contributed by atoms with van der Waals surface area (Å²) in [6.45, 7) is 1.61. The number of carbonyl (C=O) groups excluding carboxylic acids is 1. The lowest BCUT2D eigenvalue weighted by molar-refractivity contribution is -0.125. The Morgan fingerprint density at radius 2 is 1.97 bits per heavy atom. The van der Waals surface area contributed by atoms with Gasteiger partial charge in [-0.1, -0.05) is 6.07 Å². The fraction of sp³-hybridized carbons (Fsp3) is 0.500. The molecule has 3 N–H and O–H groups in total. The number of aliphatic hydroxyl groups excluding tert-OH is 2. The summed E-state index contributed by atoms with van der Waals surface area (Å²) in [5, 5.41) is 23.2. The number of likely N-dealkylation sites (tertiary alicyclic amines) is 1. The highest BCUT2D eigenvalue weighted by molar-refractivity contribution is 6.47. The van der Waals surface area contributed by atoms with Crippen molar-refractivity contribution in [3.8, 4) is 0 Å². The smallest absolute Gasteiger partial charge is 0.273 e. The van der Waals surface area contributed by atoms with Gasteiger partial charge < -0.3 is 20.4 Å². The summed E-state index contributed by atoms with van der Waals surface area (Å²) in [6.07, 6.45) is -6.20. The Kier molecular flexibility index (Phi) is 6.41. The normalized spacial score (nSPS) is 29.6. The van der Waals surface area contributed by atoms with Gasteiger partial charge in [-0.2, -0.15) is 0 Å². The van der Waals surface area contributed by atoms with E-state index in [1.807, 2.05) is 0 Å². The van der Waals surface area contributed by atoms with E-state index in [0.29, 0.717) is 11.3 Å². The molecule has 36 heavy (non-hydrogen) atoms. The summed E-state index contributed by atoms with van der Waals surface area (Å²) < 4.78 is 55.0. The minimum absolute atomic E-state index is 0.00768. The molecule has 0 radical (unpaired) electrons. The Hall–Kier alpha value is -3.12. The number of halogens is 4. The van der Waals surface area contributed by atoms with Crippen molar-refractivity contribution in [3.05, 3.63) is 52.7 Å². The third-order valence-electron chi connectivity index (χ3n) is 7.24. The van der Waals surface area contributed by atoms with Crippen molar-refractivity contribution < 1.29 is 32.6 Å². The van der Waals surface area contributed by atoms with Gasteiger partial charge in [-0.15, -0.1) is 0 Å². The summed E-state index contributed by atoms with van der Waals surface area (Å²) in [5.74, 6) is -2.39. The van der Waals surface area contributed by atoms with Crippen LogP contribution in [0.25, 0.3) is 0 Å². The molecule has 2 aliphatic heterocycles. The monoisotopic (exact) mass is 507 g/mol. The van der Waals surface area contributed by atoms with Crippen molar-refractivity contribution in [3.63, 3.8) is 0 Å². The van der Waals surface area contributed by atoms with E-state index in [4.69, 9.17) is 0 Å². The first-order chi connectivity index (χ1) is 17.2. The highest BCUT2D eigenvalue weighted by Crippen LogP contribution is 2.38. The third-order valence-corrected chi connectivity index (χ3v) is 7.24. The maximum absolute atomic E-state index is 14.5. The van der Waals surface area contributed by atoms with Crippen LogP contribution in [-0.4, -0.2) is 74.1 Å².